The molecule has 2 aromatic rings. The second kappa shape index (κ2) is 9.16. The lowest BCUT2D eigenvalue weighted by Crippen LogP contribution is -2.44. The summed E-state index contributed by atoms with van der Waals surface area (Å²) in [6.07, 6.45) is -1.15. The Labute approximate surface area is 167 Å². The Kier molecular flexibility index (Phi) is 6.40. The molecule has 1 atom stereocenters. The van der Waals surface area contributed by atoms with Gasteiger partial charge in [0.2, 0.25) is 6.10 Å². The summed E-state index contributed by atoms with van der Waals surface area (Å²) in [6, 6.07) is 12.7. The summed E-state index contributed by atoms with van der Waals surface area (Å²) in [5.41, 5.74) is 0.540. The molecule has 1 heterocycles. The van der Waals surface area contributed by atoms with E-state index in [0.717, 1.165) is 6.07 Å². The number of hydrogen-bond acceptors (Lipinski definition) is 7. The minimum Gasteiger partial charge on any atom is -0.444 e. The van der Waals surface area contributed by atoms with Crippen LogP contribution in [0.5, 0.6) is 0 Å². The fourth-order valence-electron chi connectivity index (χ4n) is 3.03. The van der Waals surface area contributed by atoms with Crippen molar-refractivity contribution in [3.8, 4) is 0 Å². The number of nitrogens with one attached hydrogen (secondary N) is 1. The number of rotatable bonds is 6. The lowest BCUT2D eigenvalue weighted by atomic mass is 10.1. The van der Waals surface area contributed by atoms with Crippen molar-refractivity contribution in [1.29, 1.82) is 0 Å². The molecule has 0 spiro atoms. The van der Waals surface area contributed by atoms with E-state index in [1.165, 1.54) is 12.1 Å². The fourth-order valence-corrected chi connectivity index (χ4v) is 3.03. The summed E-state index contributed by atoms with van der Waals surface area (Å²) >= 11 is 0. The third-order valence-corrected chi connectivity index (χ3v) is 4.57. The highest BCUT2D eigenvalue weighted by molar-refractivity contribution is 5.94. The first-order valence-corrected chi connectivity index (χ1v) is 9.10. The quantitative estimate of drug-likeness (QED) is 0.451. The second-order valence-corrected chi connectivity index (χ2v) is 6.37. The first-order chi connectivity index (χ1) is 14.0. The van der Waals surface area contributed by atoms with E-state index in [1.807, 2.05) is 0 Å². The molecule has 1 amide bonds. The van der Waals surface area contributed by atoms with Crippen molar-refractivity contribution in [2.24, 2.45) is 0 Å². The van der Waals surface area contributed by atoms with Crippen LogP contribution in [0.25, 0.3) is 0 Å². The van der Waals surface area contributed by atoms with Crippen molar-refractivity contribution in [3.05, 3.63) is 69.8 Å². The minimum atomic E-state index is -1.15. The molecule has 3 rings (SSSR count). The van der Waals surface area contributed by atoms with Gasteiger partial charge in [-0.15, -0.1) is 0 Å². The van der Waals surface area contributed by atoms with E-state index in [4.69, 9.17) is 9.47 Å². The molecule has 2 aromatic carbocycles. The average molecular weight is 399 g/mol. The Bertz CT molecular complexity index is 896. The van der Waals surface area contributed by atoms with E-state index in [-0.39, 0.29) is 22.8 Å². The van der Waals surface area contributed by atoms with Gasteiger partial charge in [-0.25, -0.2) is 4.79 Å². The standard InChI is InChI=1S/C20H21N3O6/c1-21-16-8-7-15(13-17(16)23(26)27)20(25)29-18(14-5-3-2-4-6-14)19(24)22-9-11-28-12-10-22/h2-8,13,18,21H,9-12H2,1H3/t18-/m0/s1. The number of benzene rings is 2. The maximum atomic E-state index is 13.0. The van der Waals surface area contributed by atoms with Gasteiger partial charge in [-0.2, -0.15) is 0 Å². The molecule has 1 fully saturated rings. The predicted molar refractivity (Wildman–Crippen MR) is 105 cm³/mol. The lowest BCUT2D eigenvalue weighted by Gasteiger charge is -2.30. The highest BCUT2D eigenvalue weighted by Gasteiger charge is 2.31. The van der Waals surface area contributed by atoms with Crippen LogP contribution in [-0.4, -0.2) is 55.1 Å². The van der Waals surface area contributed by atoms with Gasteiger partial charge >= 0.3 is 5.97 Å². The number of nitro groups is 1. The molecule has 29 heavy (non-hydrogen) atoms. The lowest BCUT2D eigenvalue weighted by molar-refractivity contribution is -0.384. The molecule has 1 N–H and O–H groups in total. The Morgan fingerprint density at radius 1 is 1.17 bits per heavy atom. The van der Waals surface area contributed by atoms with Crippen LogP contribution in [0, 0.1) is 10.1 Å². The summed E-state index contributed by atoms with van der Waals surface area (Å²) in [7, 11) is 1.55. The molecule has 152 valence electrons. The van der Waals surface area contributed by atoms with Gasteiger partial charge in [-0.3, -0.25) is 14.9 Å². The molecule has 0 unspecified atom stereocenters. The Hall–Kier alpha value is -3.46. The molecule has 0 aromatic heterocycles. The van der Waals surface area contributed by atoms with Crippen LogP contribution in [0.2, 0.25) is 0 Å². The van der Waals surface area contributed by atoms with Crippen LogP contribution in [0.15, 0.2) is 48.5 Å². The second-order valence-electron chi connectivity index (χ2n) is 6.37. The van der Waals surface area contributed by atoms with Gasteiger partial charge in [0.15, 0.2) is 0 Å². The Morgan fingerprint density at radius 2 is 1.86 bits per heavy atom. The molecule has 1 saturated heterocycles. The Morgan fingerprint density at radius 3 is 2.48 bits per heavy atom. The van der Waals surface area contributed by atoms with Gasteiger partial charge < -0.3 is 19.7 Å². The molecule has 9 heteroatoms. The van der Waals surface area contributed by atoms with Gasteiger partial charge in [-0.1, -0.05) is 30.3 Å². The maximum Gasteiger partial charge on any atom is 0.339 e. The number of carbonyl (C=O) groups is 2. The topological polar surface area (TPSA) is 111 Å². The van der Waals surface area contributed by atoms with Crippen LogP contribution in [-0.2, 0) is 14.3 Å². The number of ether oxygens (including phenoxy) is 2. The number of hydrogen-bond donors (Lipinski definition) is 1. The molecule has 9 nitrogen and oxygen atoms in total. The summed E-state index contributed by atoms with van der Waals surface area (Å²) in [5.74, 6) is -1.17. The van der Waals surface area contributed by atoms with Crippen LogP contribution < -0.4 is 5.32 Å². The summed E-state index contributed by atoms with van der Waals surface area (Å²) in [5, 5.41) is 14.0. The van der Waals surface area contributed by atoms with Crippen LogP contribution in [0.3, 0.4) is 0 Å². The molecule has 0 radical (unpaired) electrons. The average Bonchev–Trinajstić information content (AvgIpc) is 2.77. The molecule has 0 bridgehead atoms. The molecule has 0 aliphatic carbocycles. The third kappa shape index (κ3) is 4.69. The number of esters is 1. The van der Waals surface area contributed by atoms with Gasteiger partial charge in [-0.05, 0) is 12.1 Å². The van der Waals surface area contributed by atoms with Crippen molar-refractivity contribution >= 4 is 23.3 Å². The zero-order valence-electron chi connectivity index (χ0n) is 15.9. The number of nitrogens with zero attached hydrogens (tertiary/aromatic N) is 2. The molecular weight excluding hydrogens is 378 g/mol. The molecule has 1 aliphatic rings. The highest BCUT2D eigenvalue weighted by Crippen LogP contribution is 2.27. The van der Waals surface area contributed by atoms with Crippen LogP contribution in [0.4, 0.5) is 11.4 Å². The maximum absolute atomic E-state index is 13.0. The van der Waals surface area contributed by atoms with Gasteiger partial charge in [0.1, 0.15) is 5.69 Å². The van der Waals surface area contributed by atoms with E-state index >= 15 is 0 Å². The molecular formula is C20H21N3O6. The number of morpholine rings is 1. The van der Waals surface area contributed by atoms with E-state index < -0.39 is 17.0 Å². The van der Waals surface area contributed by atoms with E-state index in [0.29, 0.717) is 31.9 Å². The third-order valence-electron chi connectivity index (χ3n) is 4.57. The van der Waals surface area contributed by atoms with Crippen molar-refractivity contribution in [1.82, 2.24) is 4.90 Å². The summed E-state index contributed by atoms with van der Waals surface area (Å²) in [6.45, 7) is 1.64. The monoisotopic (exact) mass is 399 g/mol. The summed E-state index contributed by atoms with van der Waals surface area (Å²) in [4.78, 5) is 38.0. The number of anilines is 1. The molecule has 1 aliphatic heterocycles. The normalized spacial score (nSPS) is 14.7. The summed E-state index contributed by atoms with van der Waals surface area (Å²) < 4.78 is 10.8. The zero-order valence-corrected chi connectivity index (χ0v) is 15.9. The van der Waals surface area contributed by atoms with Crippen molar-refractivity contribution in [3.63, 3.8) is 0 Å². The number of nitro benzene ring substituents is 1. The van der Waals surface area contributed by atoms with E-state index in [9.17, 15) is 19.7 Å². The number of carbonyl (C=O) groups excluding carboxylic acids is 2. The van der Waals surface area contributed by atoms with Crippen molar-refractivity contribution in [2.45, 2.75) is 6.10 Å². The Balaban J connectivity index is 1.87. The highest BCUT2D eigenvalue weighted by atomic mass is 16.6. The van der Waals surface area contributed by atoms with Gasteiger partial charge in [0.05, 0.1) is 23.7 Å². The zero-order chi connectivity index (χ0) is 20.8. The fraction of sp³-hybridized carbons (Fsp3) is 0.300. The van der Waals surface area contributed by atoms with Gasteiger partial charge in [0.25, 0.3) is 11.6 Å². The van der Waals surface area contributed by atoms with Crippen LogP contribution in [0.1, 0.15) is 22.0 Å². The molecule has 0 saturated carbocycles. The predicted octanol–water partition coefficient (Wildman–Crippen LogP) is 2.39. The largest absolute Gasteiger partial charge is 0.444 e. The van der Waals surface area contributed by atoms with E-state index in [1.54, 1.807) is 42.3 Å². The first kappa shape index (κ1) is 20.3. The first-order valence-electron chi connectivity index (χ1n) is 9.10. The number of amides is 1. The van der Waals surface area contributed by atoms with Gasteiger partial charge in [0, 0.05) is 31.8 Å². The van der Waals surface area contributed by atoms with E-state index in [2.05, 4.69) is 5.32 Å². The minimum absolute atomic E-state index is 0.00795. The van der Waals surface area contributed by atoms with Crippen molar-refractivity contribution < 1.29 is 24.0 Å². The van der Waals surface area contributed by atoms with Crippen LogP contribution >= 0.6 is 0 Å². The van der Waals surface area contributed by atoms with Crippen molar-refractivity contribution in [2.75, 3.05) is 38.7 Å². The SMILES string of the molecule is CNc1ccc(C(=O)O[C@H](C(=O)N2CCOCC2)c2ccccc2)cc1[N+](=O)[O-]. The smallest absolute Gasteiger partial charge is 0.339 e.